The van der Waals surface area contributed by atoms with Gasteiger partial charge in [-0.25, -0.2) is 0 Å². The van der Waals surface area contributed by atoms with E-state index in [0.29, 0.717) is 6.54 Å². The molecule has 0 amide bonds. The van der Waals surface area contributed by atoms with Crippen LogP contribution in [0.25, 0.3) is 0 Å². The van der Waals surface area contributed by atoms with Gasteiger partial charge in [0.05, 0.1) is 5.54 Å². The van der Waals surface area contributed by atoms with Crippen LogP contribution >= 0.6 is 27.7 Å². The van der Waals surface area contributed by atoms with Crippen molar-refractivity contribution in [3.63, 3.8) is 0 Å². The van der Waals surface area contributed by atoms with Crippen molar-refractivity contribution in [2.24, 2.45) is 5.73 Å². The van der Waals surface area contributed by atoms with E-state index in [4.69, 9.17) is 5.73 Å². The summed E-state index contributed by atoms with van der Waals surface area (Å²) in [5.41, 5.74) is 8.43. The van der Waals surface area contributed by atoms with Crippen LogP contribution in [0, 0.1) is 6.92 Å². The number of anilines is 1. The van der Waals surface area contributed by atoms with Crippen LogP contribution in [0.5, 0.6) is 0 Å². The smallest absolute Gasteiger partial charge is 0.0593 e. The fourth-order valence-corrected chi connectivity index (χ4v) is 3.69. The van der Waals surface area contributed by atoms with Crippen molar-refractivity contribution < 1.29 is 0 Å². The second-order valence-electron chi connectivity index (χ2n) is 4.40. The summed E-state index contributed by atoms with van der Waals surface area (Å²) in [6.07, 6.45) is 1.15. The Balaban J connectivity index is 2.21. The molecule has 1 aromatic rings. The largest absolute Gasteiger partial charge is 0.377 e. The van der Waals surface area contributed by atoms with E-state index < -0.39 is 0 Å². The molecule has 1 fully saturated rings. The van der Waals surface area contributed by atoms with Crippen molar-refractivity contribution in [3.05, 3.63) is 28.2 Å². The van der Waals surface area contributed by atoms with E-state index in [9.17, 15) is 0 Å². The summed E-state index contributed by atoms with van der Waals surface area (Å²) >= 11 is 5.56. The van der Waals surface area contributed by atoms with Crippen molar-refractivity contribution in [2.75, 3.05) is 23.4 Å². The van der Waals surface area contributed by atoms with Crippen LogP contribution in [-0.2, 0) is 0 Å². The van der Waals surface area contributed by atoms with Crippen LogP contribution in [0.3, 0.4) is 0 Å². The molecule has 16 heavy (non-hydrogen) atoms. The normalized spacial score (nSPS) is 24.7. The standard InChI is InChI=1S/C12H17BrN2S/c1-9-2-3-10(13)11(6-9)15-12(7-14)4-5-16-8-12/h2-3,6,15H,4-5,7-8,14H2,1H3. The highest BCUT2D eigenvalue weighted by atomic mass is 79.9. The molecule has 2 nitrogen and oxygen atoms in total. The maximum Gasteiger partial charge on any atom is 0.0593 e. The van der Waals surface area contributed by atoms with E-state index in [2.05, 4.69) is 46.4 Å². The Labute approximate surface area is 109 Å². The molecule has 2 rings (SSSR count). The molecule has 0 bridgehead atoms. The van der Waals surface area contributed by atoms with Crippen LogP contribution in [0.4, 0.5) is 5.69 Å². The lowest BCUT2D eigenvalue weighted by atomic mass is 9.98. The first kappa shape index (κ1) is 12.3. The predicted octanol–water partition coefficient (Wildman–Crippen LogP) is 3.00. The minimum Gasteiger partial charge on any atom is -0.377 e. The number of aryl methyl sites for hydroxylation is 1. The van der Waals surface area contributed by atoms with Crippen LogP contribution in [0.2, 0.25) is 0 Å². The molecule has 1 aliphatic rings. The fraction of sp³-hybridized carbons (Fsp3) is 0.500. The van der Waals surface area contributed by atoms with E-state index in [1.807, 2.05) is 11.8 Å². The van der Waals surface area contributed by atoms with Gasteiger partial charge in [0.25, 0.3) is 0 Å². The predicted molar refractivity (Wildman–Crippen MR) is 76.2 cm³/mol. The number of thioether (sulfide) groups is 1. The third kappa shape index (κ3) is 2.55. The van der Waals surface area contributed by atoms with Crippen molar-refractivity contribution in [3.8, 4) is 0 Å². The van der Waals surface area contributed by atoms with E-state index >= 15 is 0 Å². The van der Waals surface area contributed by atoms with Gasteiger partial charge in [-0.1, -0.05) is 6.07 Å². The van der Waals surface area contributed by atoms with E-state index in [1.54, 1.807) is 0 Å². The summed E-state index contributed by atoms with van der Waals surface area (Å²) in [5, 5.41) is 3.62. The molecule has 1 heterocycles. The molecular formula is C12H17BrN2S. The summed E-state index contributed by atoms with van der Waals surface area (Å²) in [6, 6.07) is 6.36. The zero-order valence-electron chi connectivity index (χ0n) is 9.42. The Hall–Kier alpha value is -0.190. The Kier molecular flexibility index (Phi) is 3.82. The first-order chi connectivity index (χ1) is 7.65. The van der Waals surface area contributed by atoms with Crippen molar-refractivity contribution in [1.29, 1.82) is 0 Å². The van der Waals surface area contributed by atoms with Crippen LogP contribution in [0.15, 0.2) is 22.7 Å². The monoisotopic (exact) mass is 300 g/mol. The maximum absolute atomic E-state index is 5.91. The molecule has 3 N–H and O–H groups in total. The summed E-state index contributed by atoms with van der Waals surface area (Å²) < 4.78 is 1.11. The average Bonchev–Trinajstić information content (AvgIpc) is 2.73. The zero-order chi connectivity index (χ0) is 11.6. The van der Waals surface area contributed by atoms with Gasteiger partial charge in [0.2, 0.25) is 0 Å². The number of nitrogens with one attached hydrogen (secondary N) is 1. The minimum absolute atomic E-state index is 0.0843. The first-order valence-electron chi connectivity index (χ1n) is 5.47. The average molecular weight is 301 g/mol. The summed E-state index contributed by atoms with van der Waals surface area (Å²) in [4.78, 5) is 0. The van der Waals surface area contributed by atoms with Gasteiger partial charge in [-0.05, 0) is 52.7 Å². The highest BCUT2D eigenvalue weighted by Crippen LogP contribution is 2.33. The van der Waals surface area contributed by atoms with Gasteiger partial charge in [0, 0.05) is 22.5 Å². The molecule has 1 aliphatic heterocycles. The number of halogens is 1. The third-order valence-corrected chi connectivity index (χ3v) is 4.96. The van der Waals surface area contributed by atoms with Gasteiger partial charge in [-0.15, -0.1) is 0 Å². The molecule has 1 aromatic carbocycles. The van der Waals surface area contributed by atoms with Gasteiger partial charge in [0.1, 0.15) is 0 Å². The lowest BCUT2D eigenvalue weighted by Gasteiger charge is -2.30. The minimum atomic E-state index is 0.0843. The Morgan fingerprint density at radius 2 is 2.38 bits per heavy atom. The first-order valence-corrected chi connectivity index (χ1v) is 7.42. The second kappa shape index (κ2) is 4.98. The molecule has 0 radical (unpaired) electrons. The topological polar surface area (TPSA) is 38.0 Å². The number of rotatable bonds is 3. The number of benzene rings is 1. The molecule has 0 aliphatic carbocycles. The van der Waals surface area contributed by atoms with Gasteiger partial charge < -0.3 is 11.1 Å². The van der Waals surface area contributed by atoms with Gasteiger partial charge in [-0.3, -0.25) is 0 Å². The molecule has 1 atom stereocenters. The van der Waals surface area contributed by atoms with Crippen molar-refractivity contribution in [1.82, 2.24) is 0 Å². The second-order valence-corrected chi connectivity index (χ2v) is 6.35. The molecule has 1 unspecified atom stereocenters. The summed E-state index contributed by atoms with van der Waals surface area (Å²) in [5.74, 6) is 2.30. The van der Waals surface area contributed by atoms with Crippen LogP contribution in [-0.4, -0.2) is 23.6 Å². The summed E-state index contributed by atoms with van der Waals surface area (Å²) in [6.45, 7) is 2.80. The van der Waals surface area contributed by atoms with Crippen LogP contribution < -0.4 is 11.1 Å². The molecule has 0 spiro atoms. The highest BCUT2D eigenvalue weighted by Gasteiger charge is 2.33. The van der Waals surface area contributed by atoms with E-state index in [-0.39, 0.29) is 5.54 Å². The SMILES string of the molecule is Cc1ccc(Br)c(NC2(CN)CCSC2)c1. The van der Waals surface area contributed by atoms with E-state index in [1.165, 1.54) is 11.3 Å². The quantitative estimate of drug-likeness (QED) is 0.901. The lowest BCUT2D eigenvalue weighted by molar-refractivity contribution is 0.537. The molecule has 88 valence electrons. The van der Waals surface area contributed by atoms with Crippen LogP contribution in [0.1, 0.15) is 12.0 Å². The highest BCUT2D eigenvalue weighted by molar-refractivity contribution is 9.10. The Bertz CT molecular complexity index is 375. The number of hydrogen-bond donors (Lipinski definition) is 2. The molecule has 0 aromatic heterocycles. The van der Waals surface area contributed by atoms with Crippen molar-refractivity contribution >= 4 is 33.4 Å². The number of hydrogen-bond acceptors (Lipinski definition) is 3. The van der Waals surface area contributed by atoms with Gasteiger partial charge in [0.15, 0.2) is 0 Å². The lowest BCUT2D eigenvalue weighted by Crippen LogP contribution is -2.45. The van der Waals surface area contributed by atoms with Gasteiger partial charge in [-0.2, -0.15) is 11.8 Å². The van der Waals surface area contributed by atoms with Crippen molar-refractivity contribution in [2.45, 2.75) is 18.9 Å². The van der Waals surface area contributed by atoms with Gasteiger partial charge >= 0.3 is 0 Å². The third-order valence-electron chi connectivity index (χ3n) is 3.02. The molecule has 4 heteroatoms. The Morgan fingerprint density at radius 3 is 3.00 bits per heavy atom. The molecule has 0 saturated carbocycles. The number of nitrogens with two attached hydrogens (primary N) is 1. The molecule has 1 saturated heterocycles. The fourth-order valence-electron chi connectivity index (χ4n) is 1.94. The molecular weight excluding hydrogens is 284 g/mol. The maximum atomic E-state index is 5.91. The van der Waals surface area contributed by atoms with E-state index in [0.717, 1.165) is 22.3 Å². The summed E-state index contributed by atoms with van der Waals surface area (Å²) in [7, 11) is 0. The zero-order valence-corrected chi connectivity index (χ0v) is 11.8. The Morgan fingerprint density at radius 1 is 1.56 bits per heavy atom.